The molecule has 0 saturated carbocycles. The maximum Gasteiger partial charge on any atom is 0.107 e. The first-order chi connectivity index (χ1) is 10.4. The number of nitrogens with zero attached hydrogens (tertiary/aromatic N) is 2. The summed E-state index contributed by atoms with van der Waals surface area (Å²) in [5, 5.41) is 0. The van der Waals surface area contributed by atoms with Crippen molar-refractivity contribution in [1.29, 1.82) is 0 Å². The van der Waals surface area contributed by atoms with Crippen molar-refractivity contribution in [3.05, 3.63) is 0 Å². The van der Waals surface area contributed by atoms with E-state index in [1.54, 1.807) is 0 Å². The third-order valence-corrected chi connectivity index (χ3v) is 4.21. The highest BCUT2D eigenvalue weighted by atomic mass is 16.5. The minimum atomic E-state index is 0.234. The maximum atomic E-state index is 5.72. The van der Waals surface area contributed by atoms with Crippen molar-refractivity contribution in [3.63, 3.8) is 0 Å². The summed E-state index contributed by atoms with van der Waals surface area (Å²) in [6, 6.07) is 0. The third-order valence-electron chi connectivity index (χ3n) is 4.21. The van der Waals surface area contributed by atoms with E-state index in [9.17, 15) is 0 Å². The molecule has 0 aromatic heterocycles. The molecule has 0 aromatic carbocycles. The second kappa shape index (κ2) is 14.4. The van der Waals surface area contributed by atoms with E-state index in [0.29, 0.717) is 0 Å². The summed E-state index contributed by atoms with van der Waals surface area (Å²) in [5.74, 6) is 0. The van der Waals surface area contributed by atoms with Crippen LogP contribution in [0.5, 0.6) is 0 Å². The Hall–Kier alpha value is -0.160. The number of unbranched alkanes of at least 4 members (excludes halogenated alkanes) is 7. The smallest absolute Gasteiger partial charge is 0.107 e. The quantitative estimate of drug-likeness (QED) is 0.337. The van der Waals surface area contributed by atoms with Crippen LogP contribution in [0.2, 0.25) is 0 Å². The fourth-order valence-corrected chi connectivity index (χ4v) is 2.07. The topological polar surface area (TPSA) is 24.9 Å². The van der Waals surface area contributed by atoms with Crippen LogP contribution in [0, 0.1) is 0 Å². The maximum absolute atomic E-state index is 5.72. The number of rotatable bonds is 15. The lowest BCUT2D eigenvalue weighted by Crippen LogP contribution is -2.27. The highest BCUT2D eigenvalue weighted by molar-refractivity contribution is 4.50. The molecule has 0 aromatic rings. The predicted octanol–water partition coefficient (Wildman–Crippen LogP) is 3.96. The van der Waals surface area contributed by atoms with Gasteiger partial charge in [-0.2, -0.15) is 0 Å². The fraction of sp³-hybridized carbons (Fsp3) is 1.00. The molecule has 2 unspecified atom stereocenters. The zero-order valence-electron chi connectivity index (χ0n) is 15.9. The van der Waals surface area contributed by atoms with Gasteiger partial charge in [0.05, 0.1) is 0 Å². The van der Waals surface area contributed by atoms with Crippen molar-refractivity contribution >= 4 is 0 Å². The molecule has 0 heterocycles. The van der Waals surface area contributed by atoms with Crippen LogP contribution >= 0.6 is 0 Å². The largest absolute Gasteiger partial charge is 0.363 e. The van der Waals surface area contributed by atoms with Gasteiger partial charge in [-0.1, -0.05) is 38.5 Å². The first-order valence-electron chi connectivity index (χ1n) is 9.01. The number of ether oxygens (including phenoxy) is 2. The van der Waals surface area contributed by atoms with E-state index in [4.69, 9.17) is 9.47 Å². The van der Waals surface area contributed by atoms with Crippen LogP contribution in [-0.2, 0) is 9.47 Å². The molecule has 0 rings (SSSR count). The van der Waals surface area contributed by atoms with Crippen molar-refractivity contribution in [2.24, 2.45) is 0 Å². The van der Waals surface area contributed by atoms with E-state index in [1.807, 2.05) is 0 Å². The van der Waals surface area contributed by atoms with Crippen LogP contribution in [0.4, 0.5) is 0 Å². The zero-order valence-corrected chi connectivity index (χ0v) is 15.9. The van der Waals surface area contributed by atoms with Gasteiger partial charge in [-0.05, 0) is 54.9 Å². The van der Waals surface area contributed by atoms with Gasteiger partial charge in [-0.3, -0.25) is 9.80 Å². The predicted molar refractivity (Wildman–Crippen MR) is 95.1 cm³/mol. The standard InChI is InChI=1S/C18H40N2O2/c1-17(19(3)4)21-15-13-11-9-7-8-10-12-14-16-22-18(2)20(5)6/h17-18H,7-16H2,1-6H3. The average molecular weight is 317 g/mol. The highest BCUT2D eigenvalue weighted by Crippen LogP contribution is 2.09. The normalized spacial score (nSPS) is 14.7. The average Bonchev–Trinajstić information content (AvgIpc) is 2.47. The van der Waals surface area contributed by atoms with Gasteiger partial charge in [-0.25, -0.2) is 0 Å². The Labute approximate surface area is 139 Å². The summed E-state index contributed by atoms with van der Waals surface area (Å²) in [7, 11) is 8.21. The van der Waals surface area contributed by atoms with Gasteiger partial charge in [-0.15, -0.1) is 0 Å². The van der Waals surface area contributed by atoms with Crippen molar-refractivity contribution in [2.75, 3.05) is 41.4 Å². The summed E-state index contributed by atoms with van der Waals surface area (Å²) >= 11 is 0. The molecule has 0 aliphatic rings. The van der Waals surface area contributed by atoms with Crippen molar-refractivity contribution in [2.45, 2.75) is 77.7 Å². The molecule has 0 saturated heterocycles. The van der Waals surface area contributed by atoms with Crippen LogP contribution < -0.4 is 0 Å². The van der Waals surface area contributed by atoms with Crippen LogP contribution in [0.1, 0.15) is 65.2 Å². The molecule has 0 aliphatic carbocycles. The molecular formula is C18H40N2O2. The van der Waals surface area contributed by atoms with Gasteiger partial charge in [0.15, 0.2) is 0 Å². The second-order valence-electron chi connectivity index (χ2n) is 6.70. The summed E-state index contributed by atoms with van der Waals surface area (Å²) < 4.78 is 11.4. The first-order valence-corrected chi connectivity index (χ1v) is 9.01. The minimum absolute atomic E-state index is 0.234. The van der Waals surface area contributed by atoms with E-state index in [1.165, 1.54) is 51.4 Å². The Bertz CT molecular complexity index is 211. The van der Waals surface area contributed by atoms with Gasteiger partial charge in [0.25, 0.3) is 0 Å². The second-order valence-corrected chi connectivity index (χ2v) is 6.70. The SMILES string of the molecule is CC(OCCCCCCCCCCOC(C)N(C)C)N(C)C. The molecule has 0 N–H and O–H groups in total. The Morgan fingerprint density at radius 3 is 1.09 bits per heavy atom. The highest BCUT2D eigenvalue weighted by Gasteiger charge is 2.03. The van der Waals surface area contributed by atoms with Gasteiger partial charge < -0.3 is 9.47 Å². The van der Waals surface area contributed by atoms with Crippen LogP contribution in [-0.4, -0.2) is 63.7 Å². The molecule has 22 heavy (non-hydrogen) atoms. The Morgan fingerprint density at radius 1 is 0.545 bits per heavy atom. The lowest BCUT2D eigenvalue weighted by atomic mass is 10.1. The molecule has 0 bridgehead atoms. The van der Waals surface area contributed by atoms with Crippen molar-refractivity contribution < 1.29 is 9.47 Å². The van der Waals surface area contributed by atoms with Crippen molar-refractivity contribution in [1.82, 2.24) is 9.80 Å². The Kier molecular flexibility index (Phi) is 14.3. The number of hydrogen-bond donors (Lipinski definition) is 0. The first kappa shape index (κ1) is 21.8. The van der Waals surface area contributed by atoms with Gasteiger partial charge >= 0.3 is 0 Å². The molecular weight excluding hydrogens is 276 g/mol. The Balaban J connectivity index is 3.15. The summed E-state index contributed by atoms with van der Waals surface area (Å²) in [6.45, 7) is 5.98. The zero-order chi connectivity index (χ0) is 16.8. The van der Waals surface area contributed by atoms with Crippen molar-refractivity contribution in [3.8, 4) is 0 Å². The fourth-order valence-electron chi connectivity index (χ4n) is 2.07. The molecule has 0 fully saturated rings. The van der Waals surface area contributed by atoms with E-state index >= 15 is 0 Å². The molecule has 2 atom stereocenters. The third kappa shape index (κ3) is 13.5. The van der Waals surface area contributed by atoms with E-state index < -0.39 is 0 Å². The molecule has 0 aliphatic heterocycles. The van der Waals surface area contributed by atoms with E-state index in [0.717, 1.165) is 13.2 Å². The van der Waals surface area contributed by atoms with Crippen LogP contribution in [0.25, 0.3) is 0 Å². The van der Waals surface area contributed by atoms with Gasteiger partial charge in [0.2, 0.25) is 0 Å². The minimum Gasteiger partial charge on any atom is -0.363 e. The lowest BCUT2D eigenvalue weighted by Gasteiger charge is -2.20. The van der Waals surface area contributed by atoms with E-state index in [2.05, 4.69) is 51.8 Å². The molecule has 0 spiro atoms. The molecule has 0 radical (unpaired) electrons. The molecule has 0 amide bonds. The summed E-state index contributed by atoms with van der Waals surface area (Å²) in [5.41, 5.74) is 0. The lowest BCUT2D eigenvalue weighted by molar-refractivity contribution is -0.0244. The van der Waals surface area contributed by atoms with E-state index in [-0.39, 0.29) is 12.5 Å². The van der Waals surface area contributed by atoms with Crippen LogP contribution in [0.3, 0.4) is 0 Å². The monoisotopic (exact) mass is 316 g/mol. The van der Waals surface area contributed by atoms with Gasteiger partial charge in [0, 0.05) is 13.2 Å². The summed E-state index contributed by atoms with van der Waals surface area (Å²) in [4.78, 5) is 4.20. The molecule has 4 heteroatoms. The summed E-state index contributed by atoms with van der Waals surface area (Å²) in [6.07, 6.45) is 10.8. The van der Waals surface area contributed by atoms with Gasteiger partial charge in [0.1, 0.15) is 12.5 Å². The molecule has 4 nitrogen and oxygen atoms in total. The van der Waals surface area contributed by atoms with Crippen LogP contribution in [0.15, 0.2) is 0 Å². The Morgan fingerprint density at radius 2 is 0.818 bits per heavy atom. The number of hydrogen-bond acceptors (Lipinski definition) is 4. The molecule has 134 valence electrons.